The summed E-state index contributed by atoms with van der Waals surface area (Å²) in [4.78, 5) is 11.4. The minimum atomic E-state index is 0.200. The van der Waals surface area contributed by atoms with E-state index in [0.717, 1.165) is 13.1 Å². The summed E-state index contributed by atoms with van der Waals surface area (Å²) in [5, 5.41) is 6.36. The number of amides is 1. The van der Waals surface area contributed by atoms with E-state index in [0.29, 0.717) is 23.8 Å². The lowest BCUT2D eigenvalue weighted by atomic mass is 10.1. The highest BCUT2D eigenvalue weighted by atomic mass is 16.1. The van der Waals surface area contributed by atoms with Crippen molar-refractivity contribution in [2.45, 2.75) is 45.6 Å². The van der Waals surface area contributed by atoms with Crippen LogP contribution in [0.3, 0.4) is 0 Å². The Bertz CT molecular complexity index is 246. The monoisotopic (exact) mass is 210 g/mol. The van der Waals surface area contributed by atoms with Crippen molar-refractivity contribution >= 4 is 5.91 Å². The van der Waals surface area contributed by atoms with Crippen molar-refractivity contribution in [3.63, 3.8) is 0 Å². The molecule has 0 bridgehead atoms. The van der Waals surface area contributed by atoms with Crippen LogP contribution < -0.4 is 10.6 Å². The zero-order valence-corrected chi connectivity index (χ0v) is 9.81. The molecule has 86 valence electrons. The molecule has 1 amide bonds. The van der Waals surface area contributed by atoms with Crippen LogP contribution in [0.15, 0.2) is 0 Å². The molecule has 2 fully saturated rings. The van der Waals surface area contributed by atoms with Crippen molar-refractivity contribution in [1.29, 1.82) is 0 Å². The molecule has 0 aromatic heterocycles. The summed E-state index contributed by atoms with van der Waals surface area (Å²) in [6, 6.07) is 0.708. The van der Waals surface area contributed by atoms with Gasteiger partial charge in [0.15, 0.2) is 0 Å². The van der Waals surface area contributed by atoms with E-state index in [9.17, 15) is 4.79 Å². The Hall–Kier alpha value is -0.570. The highest BCUT2D eigenvalue weighted by Crippen LogP contribution is 2.50. The van der Waals surface area contributed by atoms with Crippen LogP contribution in [0.1, 0.15) is 39.5 Å². The molecule has 15 heavy (non-hydrogen) atoms. The zero-order chi connectivity index (χ0) is 10.9. The van der Waals surface area contributed by atoms with Crippen LogP contribution >= 0.6 is 0 Å². The standard InChI is InChI=1S/C12H22N2O/c1-12(2)7-9(12)8-14-11(15)5-6-13-10-3-4-10/h9-10,13H,3-8H2,1-2H3,(H,14,15). The molecule has 0 aromatic rings. The van der Waals surface area contributed by atoms with Gasteiger partial charge in [0.25, 0.3) is 0 Å². The largest absolute Gasteiger partial charge is 0.356 e. The van der Waals surface area contributed by atoms with Crippen molar-refractivity contribution in [3.05, 3.63) is 0 Å². The predicted octanol–water partition coefficient (Wildman–Crippen LogP) is 1.29. The number of carbonyl (C=O) groups excluding carboxylic acids is 1. The number of hydrogen-bond acceptors (Lipinski definition) is 2. The molecule has 2 aliphatic carbocycles. The first-order chi connectivity index (χ1) is 7.08. The van der Waals surface area contributed by atoms with E-state index in [2.05, 4.69) is 24.5 Å². The highest BCUT2D eigenvalue weighted by molar-refractivity contribution is 5.76. The summed E-state index contributed by atoms with van der Waals surface area (Å²) in [6.45, 7) is 6.23. The van der Waals surface area contributed by atoms with E-state index in [1.165, 1.54) is 19.3 Å². The molecule has 3 nitrogen and oxygen atoms in total. The van der Waals surface area contributed by atoms with Gasteiger partial charge in [-0.15, -0.1) is 0 Å². The first kappa shape index (κ1) is 10.9. The lowest BCUT2D eigenvalue weighted by molar-refractivity contribution is -0.121. The van der Waals surface area contributed by atoms with Crippen LogP contribution in [0.4, 0.5) is 0 Å². The Morgan fingerprint density at radius 1 is 1.40 bits per heavy atom. The number of carbonyl (C=O) groups is 1. The lowest BCUT2D eigenvalue weighted by Crippen LogP contribution is -2.30. The number of nitrogens with one attached hydrogen (secondary N) is 2. The van der Waals surface area contributed by atoms with Crippen molar-refractivity contribution in [3.8, 4) is 0 Å². The first-order valence-electron chi connectivity index (χ1n) is 6.08. The first-order valence-corrected chi connectivity index (χ1v) is 6.08. The second-order valence-electron chi connectivity index (χ2n) is 5.67. The van der Waals surface area contributed by atoms with Gasteiger partial charge in [-0.25, -0.2) is 0 Å². The van der Waals surface area contributed by atoms with Gasteiger partial charge in [0, 0.05) is 25.6 Å². The van der Waals surface area contributed by atoms with E-state index in [-0.39, 0.29) is 5.91 Å². The van der Waals surface area contributed by atoms with E-state index in [1.54, 1.807) is 0 Å². The van der Waals surface area contributed by atoms with Crippen LogP contribution in [0.5, 0.6) is 0 Å². The second-order valence-corrected chi connectivity index (χ2v) is 5.67. The van der Waals surface area contributed by atoms with Gasteiger partial charge in [-0.2, -0.15) is 0 Å². The molecule has 3 heteroatoms. The van der Waals surface area contributed by atoms with Crippen molar-refractivity contribution in [2.24, 2.45) is 11.3 Å². The smallest absolute Gasteiger partial charge is 0.221 e. The number of rotatable bonds is 6. The van der Waals surface area contributed by atoms with E-state index in [4.69, 9.17) is 0 Å². The predicted molar refractivity (Wildman–Crippen MR) is 60.5 cm³/mol. The molecule has 0 heterocycles. The molecule has 0 aromatic carbocycles. The topological polar surface area (TPSA) is 41.1 Å². The van der Waals surface area contributed by atoms with Crippen molar-refractivity contribution < 1.29 is 4.79 Å². The summed E-state index contributed by atoms with van der Waals surface area (Å²) >= 11 is 0. The molecule has 0 aliphatic heterocycles. The minimum Gasteiger partial charge on any atom is -0.356 e. The summed E-state index contributed by atoms with van der Waals surface area (Å²) in [7, 11) is 0. The Labute approximate surface area is 92.0 Å². The Kier molecular flexibility index (Phi) is 3.01. The quantitative estimate of drug-likeness (QED) is 0.693. The Morgan fingerprint density at radius 2 is 2.07 bits per heavy atom. The molecule has 0 saturated heterocycles. The SMILES string of the molecule is CC1(C)CC1CNC(=O)CCNC1CC1. The third-order valence-corrected chi connectivity index (χ3v) is 3.63. The molecule has 2 rings (SSSR count). The molecular formula is C12H22N2O. The zero-order valence-electron chi connectivity index (χ0n) is 9.81. The van der Waals surface area contributed by atoms with Crippen molar-refractivity contribution in [1.82, 2.24) is 10.6 Å². The van der Waals surface area contributed by atoms with Gasteiger partial charge in [-0.3, -0.25) is 4.79 Å². The molecule has 0 radical (unpaired) electrons. The molecule has 1 unspecified atom stereocenters. The fraction of sp³-hybridized carbons (Fsp3) is 0.917. The van der Waals surface area contributed by atoms with Crippen LogP contribution in [0, 0.1) is 11.3 Å². The molecule has 1 atom stereocenters. The van der Waals surface area contributed by atoms with E-state index < -0.39 is 0 Å². The van der Waals surface area contributed by atoms with Gasteiger partial charge in [0.2, 0.25) is 5.91 Å². The summed E-state index contributed by atoms with van der Waals surface area (Å²) in [5.74, 6) is 0.906. The summed E-state index contributed by atoms with van der Waals surface area (Å²) in [6.07, 6.45) is 4.47. The van der Waals surface area contributed by atoms with Gasteiger partial charge < -0.3 is 10.6 Å². The second kappa shape index (κ2) is 4.12. The van der Waals surface area contributed by atoms with Crippen molar-refractivity contribution in [2.75, 3.05) is 13.1 Å². The maximum atomic E-state index is 11.4. The fourth-order valence-corrected chi connectivity index (χ4v) is 1.93. The average molecular weight is 210 g/mol. The highest BCUT2D eigenvalue weighted by Gasteiger charge is 2.45. The van der Waals surface area contributed by atoms with Gasteiger partial charge in [0.05, 0.1) is 0 Å². The van der Waals surface area contributed by atoms with Gasteiger partial charge >= 0.3 is 0 Å². The molecule has 2 aliphatic rings. The number of hydrogen-bond donors (Lipinski definition) is 2. The van der Waals surface area contributed by atoms with Crippen LogP contribution in [0.25, 0.3) is 0 Å². The van der Waals surface area contributed by atoms with E-state index in [1.807, 2.05) is 0 Å². The van der Waals surface area contributed by atoms with Crippen LogP contribution in [0.2, 0.25) is 0 Å². The van der Waals surface area contributed by atoms with Gasteiger partial charge in [0.1, 0.15) is 0 Å². The molecule has 0 spiro atoms. The lowest BCUT2D eigenvalue weighted by Gasteiger charge is -2.06. The van der Waals surface area contributed by atoms with Gasteiger partial charge in [-0.05, 0) is 30.6 Å². The Morgan fingerprint density at radius 3 is 2.60 bits per heavy atom. The third-order valence-electron chi connectivity index (χ3n) is 3.63. The third kappa shape index (κ3) is 3.49. The minimum absolute atomic E-state index is 0.200. The molecular weight excluding hydrogens is 188 g/mol. The van der Waals surface area contributed by atoms with E-state index >= 15 is 0 Å². The average Bonchev–Trinajstić information content (AvgIpc) is 3.02. The fourth-order valence-electron chi connectivity index (χ4n) is 1.93. The maximum Gasteiger partial charge on any atom is 0.221 e. The van der Waals surface area contributed by atoms with Crippen LogP contribution in [-0.2, 0) is 4.79 Å². The van der Waals surface area contributed by atoms with Crippen LogP contribution in [-0.4, -0.2) is 25.0 Å². The Balaban J connectivity index is 1.49. The molecule has 2 saturated carbocycles. The maximum absolute atomic E-state index is 11.4. The molecule has 2 N–H and O–H groups in total. The summed E-state index contributed by atoms with van der Waals surface area (Å²) < 4.78 is 0. The normalized spacial score (nSPS) is 27.5. The van der Waals surface area contributed by atoms with Gasteiger partial charge in [-0.1, -0.05) is 13.8 Å². The summed E-state index contributed by atoms with van der Waals surface area (Å²) in [5.41, 5.74) is 0.472.